The molecule has 2 saturated carbocycles. The molecule has 0 spiro atoms. The van der Waals surface area contributed by atoms with Crippen LogP contribution in [0.2, 0.25) is 0 Å². The molecule has 22 N–H and O–H groups in total. The highest BCUT2D eigenvalue weighted by Crippen LogP contribution is 2.42. The first-order valence-electron chi connectivity index (χ1n) is 42.1. The van der Waals surface area contributed by atoms with Gasteiger partial charge in [-0.15, -0.1) is 0 Å². The number of Topliss-reactive ketones (excluding diaryl/α,β-unsaturated/α-hetero) is 2. The third kappa shape index (κ3) is 27.3. The summed E-state index contributed by atoms with van der Waals surface area (Å²) in [7, 11) is 0. The van der Waals surface area contributed by atoms with Crippen LogP contribution in [-0.2, 0) is 100 Å². The molecule has 6 aliphatic heterocycles. The highest BCUT2D eigenvalue weighted by molar-refractivity contribution is 5.84. The van der Waals surface area contributed by atoms with E-state index < -0.39 is 258 Å². The normalized spacial score (nSPS) is 35.7. The molecule has 0 aromatic heterocycles. The molecule has 8 aliphatic rings. The van der Waals surface area contributed by atoms with Crippen LogP contribution in [-0.4, -0.2) is 296 Å². The molecule has 6 heterocycles. The Morgan fingerprint density at radius 3 is 1.42 bits per heavy atom. The average Bonchev–Trinajstić information content (AvgIpc) is 1.50. The number of hydrogen-bond acceptors (Lipinski definition) is 34. The summed E-state index contributed by atoms with van der Waals surface area (Å²) in [5.41, 5.74) is 46.8. The molecule has 0 radical (unpaired) electrons. The van der Waals surface area contributed by atoms with Crippen LogP contribution in [0.3, 0.4) is 0 Å². The van der Waals surface area contributed by atoms with Gasteiger partial charge in [0.2, 0.25) is 0 Å². The second-order valence-corrected chi connectivity index (χ2v) is 32.3. The maximum absolute atomic E-state index is 15.0. The molecule has 0 bridgehead atoms. The molecule has 41 heteroatoms. The van der Waals surface area contributed by atoms with Crippen LogP contribution in [0.1, 0.15) is 95.2 Å². The van der Waals surface area contributed by atoms with Crippen molar-refractivity contribution < 1.29 is 140 Å². The summed E-state index contributed by atoms with van der Waals surface area (Å²) in [6.07, 6.45) is -25.0. The van der Waals surface area contributed by atoms with Crippen LogP contribution < -0.4 is 50.4 Å². The molecule has 3 amide bonds. The topological polar surface area (TPSA) is 606 Å². The van der Waals surface area contributed by atoms with Crippen molar-refractivity contribution >= 4 is 29.8 Å². The van der Waals surface area contributed by atoms with Crippen LogP contribution in [0.5, 0.6) is 0 Å². The van der Waals surface area contributed by atoms with Crippen molar-refractivity contribution in [3.63, 3.8) is 0 Å². The van der Waals surface area contributed by atoms with Gasteiger partial charge in [0.15, 0.2) is 43.5 Å². The van der Waals surface area contributed by atoms with Crippen molar-refractivity contribution in [3.05, 3.63) is 142 Å². The number of nitrogens with zero attached hydrogens (tertiary/aromatic N) is 3. The monoisotopic (exact) mass is 1760 g/mol. The van der Waals surface area contributed by atoms with E-state index in [1.54, 1.807) is 79.8 Å². The maximum Gasteiger partial charge on any atom is 0.408 e. The molecule has 0 unspecified atom stereocenters. The minimum Gasteiger partial charge on any atom is -0.445 e. The Bertz CT molecular complexity index is 3890. The molecule has 39 nitrogen and oxygen atoms in total. The number of nitrogens with one attached hydrogen (secondary N) is 3. The van der Waals surface area contributed by atoms with Gasteiger partial charge in [0.1, 0.15) is 111 Å². The third-order valence-electron chi connectivity index (χ3n) is 23.3. The maximum atomic E-state index is 15.0. The summed E-state index contributed by atoms with van der Waals surface area (Å²) in [4.78, 5) is 68.0. The first-order chi connectivity index (χ1) is 59.6. The van der Waals surface area contributed by atoms with E-state index in [0.29, 0.717) is 32.1 Å². The third-order valence-corrected chi connectivity index (χ3v) is 23.3. The van der Waals surface area contributed by atoms with Gasteiger partial charge in [-0.1, -0.05) is 141 Å². The van der Waals surface area contributed by atoms with E-state index in [4.69, 9.17) is 111 Å². The SMILES string of the molecule is CC[C@@H]1C=C[C@@H](NC(=O)OCc2ccccc2)[C@@H](O[C@H]2[C@H](O[C@@H]3O[C@H](CO)[C@@H](O[C@H]4O[C@@H](CNC(=O)OCc5ccccc5)C=C[C@H]4NC(=O)OCc4ccccc4)[C@H]3O)[C@@H](O)[C@H](CC(=O)[C@@H](C)[C@H](F)CN=[N+]=[N-])C[C@@H]2C)O1.NC[C@@H]1CC[C@@H](N)[C@@H](O[C@H]2[C@H](O[C@@H]3O[C@H](CO)[C@@H](O[C@H]4O[C@@H](CN)CC[C@H]4N)[C@H]3O)[C@@H](O)[C@H](CC(=O)[C@@H](O)[C@H](F)CN)C[C@@H]2N)O1. The second kappa shape index (κ2) is 48.6. The van der Waals surface area contributed by atoms with Crippen molar-refractivity contribution in [1.29, 1.82) is 0 Å². The Kier molecular flexibility index (Phi) is 38.6. The molecular formula is C83H122F2N12O27. The zero-order chi connectivity index (χ0) is 89.3. The number of alkyl halides is 2. The lowest BCUT2D eigenvalue weighted by Crippen LogP contribution is -2.63. The number of ether oxygens (including phenoxy) is 15. The molecule has 690 valence electrons. The minimum absolute atomic E-state index is 0.0122. The summed E-state index contributed by atoms with van der Waals surface area (Å²) in [6.45, 7) is 2.91. The molecule has 11 rings (SSSR count). The number of amides is 3. The molecule has 3 aromatic rings. The number of carbonyl (C=O) groups is 5. The van der Waals surface area contributed by atoms with Crippen molar-refractivity contribution in [2.45, 2.75) is 282 Å². The highest BCUT2D eigenvalue weighted by atomic mass is 19.1. The molecular weight excluding hydrogens is 1630 g/mol. The number of benzene rings is 3. The van der Waals surface area contributed by atoms with Gasteiger partial charge in [0.25, 0.3) is 0 Å². The highest BCUT2D eigenvalue weighted by Gasteiger charge is 2.56. The van der Waals surface area contributed by atoms with E-state index in [-0.39, 0.29) is 70.9 Å². The Labute approximate surface area is 716 Å². The van der Waals surface area contributed by atoms with Gasteiger partial charge in [-0.05, 0) is 84.9 Å². The summed E-state index contributed by atoms with van der Waals surface area (Å²) in [5.74, 6) is -4.94. The largest absolute Gasteiger partial charge is 0.445 e. The Balaban J connectivity index is 0.000000297. The number of nitrogens with two attached hydrogens (primary N) is 6. The zero-order valence-corrected chi connectivity index (χ0v) is 69.4. The lowest BCUT2D eigenvalue weighted by atomic mass is 9.73. The Morgan fingerprint density at radius 1 is 0.524 bits per heavy atom. The van der Waals surface area contributed by atoms with Crippen molar-refractivity contribution in [2.75, 3.05) is 45.9 Å². The van der Waals surface area contributed by atoms with E-state index in [0.717, 1.165) is 16.7 Å². The lowest BCUT2D eigenvalue weighted by Gasteiger charge is -2.46. The molecule has 34 atom stereocenters. The van der Waals surface area contributed by atoms with Crippen LogP contribution >= 0.6 is 0 Å². The van der Waals surface area contributed by atoms with Crippen molar-refractivity contribution in [3.8, 4) is 0 Å². The summed E-state index contributed by atoms with van der Waals surface area (Å²) >= 11 is 0. The summed E-state index contributed by atoms with van der Waals surface area (Å²) < 4.78 is 120. The number of aliphatic hydroxyl groups is 7. The van der Waals surface area contributed by atoms with E-state index in [1.165, 1.54) is 6.92 Å². The fraction of sp³-hybridized carbons (Fsp3) is 0.675. The fourth-order valence-electron chi connectivity index (χ4n) is 16.0. The Morgan fingerprint density at radius 2 is 0.952 bits per heavy atom. The van der Waals surface area contributed by atoms with Crippen LogP contribution in [0.4, 0.5) is 23.2 Å². The smallest absolute Gasteiger partial charge is 0.408 e. The number of hydrogen-bond donors (Lipinski definition) is 16. The van der Waals surface area contributed by atoms with E-state index >= 15 is 4.39 Å². The number of halogens is 2. The van der Waals surface area contributed by atoms with Gasteiger partial charge in [0.05, 0.1) is 81.1 Å². The molecule has 6 fully saturated rings. The molecule has 124 heavy (non-hydrogen) atoms. The van der Waals surface area contributed by atoms with Gasteiger partial charge >= 0.3 is 18.3 Å². The van der Waals surface area contributed by atoms with Gasteiger partial charge < -0.3 is 157 Å². The standard InChI is InChI=1S/C55H69FN6O16.C28H53FN6O11/c1-4-38-20-22-41(60-54(68)71-30-35-16-10-6-11-17-35)50(73-38)76-47-32(2)24-37(25-43(64)33(3)40(56)27-59-62-57)45(65)49(47)78-52-46(66)48(44(28-63)75-52)77-51-42(61-55(69)72-31-36-18-12-7-13-19-36)23-21-39(74-51)26-58-53(67)70-29-34-14-8-5-9-15-34;29-14(9-32)21(39)18(37)6-11-5-17(35)23(44-26-15(33)3-1-12(7-30)41-26)25(20(11)38)46-28-22(40)24(19(10-36)43-28)45-27-16(34)4-2-13(8-31)42-27/h5-23,32-33,37-42,44-52,63,65-66H,4,24-31H2,1-3H3,(H,58,67)(H,60,68)(H,61,69);11-17,19-28,36,38-40H,1-10,30-35H2/t32-,33-,37-,38+,39+,40+,41+,42+,44+,45-,46+,47+,48+,49+,50+,51+,52-;11-,12-,13+,14+,15+,16+,17-,19+,20-,21-,22+,23+,24+,25+,26+,27+,28-/m00/s1. The van der Waals surface area contributed by atoms with E-state index in [2.05, 4.69) is 26.0 Å². The zero-order valence-electron chi connectivity index (χ0n) is 69.4. The molecule has 2 aliphatic carbocycles. The minimum atomic E-state index is -1.99. The predicted molar refractivity (Wildman–Crippen MR) is 433 cm³/mol. The number of carbonyl (C=O) groups excluding carboxylic acids is 5. The average molecular weight is 1760 g/mol. The molecule has 4 saturated heterocycles. The first kappa shape index (κ1) is 98.6. The first-order valence-corrected chi connectivity index (χ1v) is 42.1. The van der Waals surface area contributed by atoms with Crippen molar-refractivity contribution in [1.82, 2.24) is 16.0 Å². The second-order valence-electron chi connectivity index (χ2n) is 32.3. The number of rotatable bonds is 38. The van der Waals surface area contributed by atoms with Crippen LogP contribution in [0, 0.1) is 23.7 Å². The number of alkyl carbamates (subject to hydrolysis) is 3. The molecule has 3 aromatic carbocycles. The van der Waals surface area contributed by atoms with E-state index in [9.17, 15) is 64.1 Å². The van der Waals surface area contributed by atoms with Crippen LogP contribution in [0.25, 0.3) is 10.4 Å². The Hall–Kier alpha value is -7.54. The summed E-state index contributed by atoms with van der Waals surface area (Å²) in [6, 6.07) is 23.2. The van der Waals surface area contributed by atoms with Gasteiger partial charge in [-0.25, -0.2) is 23.2 Å². The quantitative estimate of drug-likeness (QED) is 0.0126. The van der Waals surface area contributed by atoms with Gasteiger partial charge in [0, 0.05) is 49.3 Å². The number of azide groups is 1. The fourth-order valence-corrected chi connectivity index (χ4v) is 16.0. The van der Waals surface area contributed by atoms with Crippen LogP contribution in [0.15, 0.2) is 120 Å². The predicted octanol–water partition coefficient (Wildman–Crippen LogP) is 1.10. The van der Waals surface area contributed by atoms with Gasteiger partial charge in [-0.2, -0.15) is 0 Å². The lowest BCUT2D eigenvalue weighted by molar-refractivity contribution is -0.291. The van der Waals surface area contributed by atoms with E-state index in [1.807, 2.05) is 49.4 Å². The van der Waals surface area contributed by atoms with Crippen molar-refractivity contribution in [2.24, 2.45) is 63.2 Å². The number of ketones is 2. The summed E-state index contributed by atoms with van der Waals surface area (Å²) in [5, 5.41) is 89.5. The van der Waals surface area contributed by atoms with Gasteiger partial charge in [-0.3, -0.25) is 9.59 Å². The number of aliphatic hydroxyl groups excluding tert-OH is 7.